The number of aromatic nitrogens is 2. The number of hydrogen-bond acceptors (Lipinski definition) is 2. The van der Waals surface area contributed by atoms with E-state index in [1.807, 2.05) is 0 Å². The fourth-order valence-corrected chi connectivity index (χ4v) is 1.52. The van der Waals surface area contributed by atoms with Crippen LogP contribution in [0, 0.1) is 12.7 Å². The number of hydrogen-bond donors (Lipinski definition) is 0. The van der Waals surface area contributed by atoms with E-state index < -0.39 is 0 Å². The van der Waals surface area contributed by atoms with Crippen LogP contribution in [0.5, 0.6) is 0 Å². The lowest BCUT2D eigenvalue weighted by Crippen LogP contribution is -1.95. The third-order valence-corrected chi connectivity index (χ3v) is 2.18. The standard InChI is InChI=1S/C10H9FN2O/c1-7-9(4-6-14)13-5-2-3-8(11)10(13)12-7/h2-3,5-6H,4H2,1H3. The number of rotatable bonds is 2. The highest BCUT2D eigenvalue weighted by Gasteiger charge is 2.10. The molecule has 0 spiro atoms. The molecule has 0 bridgehead atoms. The Balaban J connectivity index is 2.76. The molecule has 0 unspecified atom stereocenters. The minimum Gasteiger partial charge on any atom is -0.303 e. The molecule has 0 N–H and O–H groups in total. The van der Waals surface area contributed by atoms with Crippen LogP contribution >= 0.6 is 0 Å². The normalized spacial score (nSPS) is 10.7. The lowest BCUT2D eigenvalue weighted by Gasteiger charge is -1.97. The van der Waals surface area contributed by atoms with Gasteiger partial charge in [-0.1, -0.05) is 0 Å². The van der Waals surface area contributed by atoms with E-state index in [0.29, 0.717) is 5.69 Å². The minimum absolute atomic E-state index is 0.260. The highest BCUT2D eigenvalue weighted by molar-refractivity contribution is 5.57. The predicted molar refractivity (Wildman–Crippen MR) is 49.7 cm³/mol. The maximum absolute atomic E-state index is 13.2. The van der Waals surface area contributed by atoms with E-state index in [2.05, 4.69) is 4.98 Å². The average molecular weight is 192 g/mol. The fraction of sp³-hybridized carbons (Fsp3) is 0.200. The molecular formula is C10H9FN2O. The molecule has 0 aromatic carbocycles. The van der Waals surface area contributed by atoms with Gasteiger partial charge in [0.15, 0.2) is 11.5 Å². The number of carbonyl (C=O) groups is 1. The lowest BCUT2D eigenvalue weighted by molar-refractivity contribution is -0.107. The van der Waals surface area contributed by atoms with Crippen molar-refractivity contribution in [3.8, 4) is 0 Å². The van der Waals surface area contributed by atoms with Gasteiger partial charge in [-0.15, -0.1) is 0 Å². The number of nitrogens with zero attached hydrogens (tertiary/aromatic N) is 2. The molecule has 4 heteroatoms. The molecule has 2 rings (SSSR count). The zero-order valence-electron chi connectivity index (χ0n) is 7.70. The summed E-state index contributed by atoms with van der Waals surface area (Å²) in [6, 6.07) is 2.95. The van der Waals surface area contributed by atoms with Gasteiger partial charge in [0.25, 0.3) is 0 Å². The first-order chi connectivity index (χ1) is 6.74. The van der Waals surface area contributed by atoms with Crippen LogP contribution < -0.4 is 0 Å². The fourth-order valence-electron chi connectivity index (χ4n) is 1.52. The van der Waals surface area contributed by atoms with Gasteiger partial charge in [0.05, 0.1) is 11.4 Å². The van der Waals surface area contributed by atoms with E-state index in [9.17, 15) is 9.18 Å². The minimum atomic E-state index is -0.368. The molecule has 0 atom stereocenters. The summed E-state index contributed by atoms with van der Waals surface area (Å²) in [7, 11) is 0. The topological polar surface area (TPSA) is 34.4 Å². The molecule has 0 saturated heterocycles. The van der Waals surface area contributed by atoms with E-state index in [0.717, 1.165) is 12.0 Å². The van der Waals surface area contributed by atoms with Crippen LogP contribution in [0.15, 0.2) is 18.3 Å². The molecule has 0 aliphatic carbocycles. The molecule has 2 aromatic heterocycles. The van der Waals surface area contributed by atoms with Gasteiger partial charge in [-0.05, 0) is 19.1 Å². The van der Waals surface area contributed by atoms with Gasteiger partial charge in [-0.2, -0.15) is 0 Å². The first-order valence-corrected chi connectivity index (χ1v) is 4.29. The second kappa shape index (κ2) is 3.21. The molecule has 2 heterocycles. The molecule has 0 radical (unpaired) electrons. The SMILES string of the molecule is Cc1nc2c(F)cccn2c1CC=O. The third-order valence-electron chi connectivity index (χ3n) is 2.18. The van der Waals surface area contributed by atoms with Crippen LogP contribution in [0.3, 0.4) is 0 Å². The summed E-state index contributed by atoms with van der Waals surface area (Å²) in [6.45, 7) is 1.77. The van der Waals surface area contributed by atoms with E-state index in [-0.39, 0.29) is 17.9 Å². The van der Waals surface area contributed by atoms with Gasteiger partial charge in [0, 0.05) is 12.6 Å². The molecule has 3 nitrogen and oxygen atoms in total. The quantitative estimate of drug-likeness (QED) is 0.676. The highest BCUT2D eigenvalue weighted by Crippen LogP contribution is 2.14. The molecule has 0 fully saturated rings. The Kier molecular flexibility index (Phi) is 2.04. The van der Waals surface area contributed by atoms with Crippen molar-refractivity contribution in [2.45, 2.75) is 13.3 Å². The van der Waals surface area contributed by atoms with Crippen molar-refractivity contribution in [2.24, 2.45) is 0 Å². The van der Waals surface area contributed by atoms with Crippen molar-refractivity contribution in [1.82, 2.24) is 9.38 Å². The number of aldehydes is 1. The molecule has 0 amide bonds. The maximum Gasteiger partial charge on any atom is 0.173 e. The largest absolute Gasteiger partial charge is 0.303 e. The number of aryl methyl sites for hydroxylation is 1. The molecule has 14 heavy (non-hydrogen) atoms. The first-order valence-electron chi connectivity index (χ1n) is 4.29. The Morgan fingerprint density at radius 1 is 1.64 bits per heavy atom. The average Bonchev–Trinajstić information content (AvgIpc) is 2.47. The highest BCUT2D eigenvalue weighted by atomic mass is 19.1. The van der Waals surface area contributed by atoms with Crippen LogP contribution in [0.4, 0.5) is 4.39 Å². The van der Waals surface area contributed by atoms with Crippen LogP contribution in [-0.4, -0.2) is 15.7 Å². The molecule has 2 aromatic rings. The second-order valence-corrected chi connectivity index (χ2v) is 3.06. The summed E-state index contributed by atoms with van der Waals surface area (Å²) >= 11 is 0. The molecular weight excluding hydrogens is 183 g/mol. The summed E-state index contributed by atoms with van der Waals surface area (Å²) in [5.74, 6) is -0.368. The first kappa shape index (κ1) is 8.87. The Labute approximate surface area is 80.2 Å². The van der Waals surface area contributed by atoms with Gasteiger partial charge in [-0.3, -0.25) is 0 Å². The Bertz CT molecular complexity index is 490. The maximum atomic E-state index is 13.2. The number of imidazole rings is 1. The van der Waals surface area contributed by atoms with Crippen molar-refractivity contribution in [2.75, 3.05) is 0 Å². The van der Waals surface area contributed by atoms with Crippen molar-refractivity contribution in [1.29, 1.82) is 0 Å². The Hall–Kier alpha value is -1.71. The van der Waals surface area contributed by atoms with Gasteiger partial charge < -0.3 is 9.20 Å². The molecule has 0 saturated carbocycles. The molecule has 0 aliphatic heterocycles. The van der Waals surface area contributed by atoms with Crippen LogP contribution in [0.25, 0.3) is 5.65 Å². The summed E-state index contributed by atoms with van der Waals surface area (Å²) in [6.07, 6.45) is 2.76. The van der Waals surface area contributed by atoms with Gasteiger partial charge in [0.1, 0.15) is 6.29 Å². The van der Waals surface area contributed by atoms with Gasteiger partial charge in [-0.25, -0.2) is 9.37 Å². The van der Waals surface area contributed by atoms with E-state index >= 15 is 0 Å². The van der Waals surface area contributed by atoms with Crippen molar-refractivity contribution in [3.63, 3.8) is 0 Å². The summed E-state index contributed by atoms with van der Waals surface area (Å²) < 4.78 is 14.9. The number of pyridine rings is 1. The molecule has 0 aliphatic rings. The predicted octanol–water partition coefficient (Wildman–Crippen LogP) is 1.52. The van der Waals surface area contributed by atoms with Crippen LogP contribution in [0.2, 0.25) is 0 Å². The summed E-state index contributed by atoms with van der Waals surface area (Å²) in [5, 5.41) is 0. The number of fused-ring (bicyclic) bond motifs is 1. The number of halogens is 1. The molecule has 72 valence electrons. The van der Waals surface area contributed by atoms with Crippen LogP contribution in [0.1, 0.15) is 11.4 Å². The Morgan fingerprint density at radius 2 is 2.43 bits per heavy atom. The van der Waals surface area contributed by atoms with E-state index in [4.69, 9.17) is 0 Å². The summed E-state index contributed by atoms with van der Waals surface area (Å²) in [4.78, 5) is 14.5. The van der Waals surface area contributed by atoms with Crippen molar-refractivity contribution in [3.05, 3.63) is 35.5 Å². The van der Waals surface area contributed by atoms with E-state index in [1.54, 1.807) is 23.6 Å². The lowest BCUT2D eigenvalue weighted by atomic mass is 10.3. The van der Waals surface area contributed by atoms with Crippen LogP contribution in [-0.2, 0) is 11.2 Å². The summed E-state index contributed by atoms with van der Waals surface area (Å²) in [5.41, 5.74) is 1.72. The zero-order valence-corrected chi connectivity index (χ0v) is 7.70. The smallest absolute Gasteiger partial charge is 0.173 e. The zero-order chi connectivity index (χ0) is 10.1. The van der Waals surface area contributed by atoms with Gasteiger partial charge in [0.2, 0.25) is 0 Å². The Morgan fingerprint density at radius 3 is 3.14 bits per heavy atom. The van der Waals surface area contributed by atoms with E-state index in [1.165, 1.54) is 6.07 Å². The second-order valence-electron chi connectivity index (χ2n) is 3.06. The number of carbonyl (C=O) groups excluding carboxylic acids is 1. The van der Waals surface area contributed by atoms with Gasteiger partial charge >= 0.3 is 0 Å². The van der Waals surface area contributed by atoms with Crippen molar-refractivity contribution < 1.29 is 9.18 Å². The third kappa shape index (κ3) is 1.19. The van der Waals surface area contributed by atoms with Crippen molar-refractivity contribution >= 4 is 11.9 Å². The monoisotopic (exact) mass is 192 g/mol.